The molecule has 0 bridgehead atoms. The molecule has 12 heteroatoms. The van der Waals surface area contributed by atoms with E-state index in [1.807, 2.05) is 0 Å². The summed E-state index contributed by atoms with van der Waals surface area (Å²) in [7, 11) is 13.2. The highest BCUT2D eigenvalue weighted by Gasteiger charge is 2.29. The largest absolute Gasteiger partial charge is 0.381 e. The number of anilines is 1. The first-order valence-electron chi connectivity index (χ1n) is 54.8. The monoisotopic (exact) mass is 1950 g/mol. The summed E-state index contributed by atoms with van der Waals surface area (Å²) in [6, 6.07) is 73.4. The molecule has 5 atom stereocenters. The molecule has 8 heterocycles. The van der Waals surface area contributed by atoms with Gasteiger partial charge in [-0.1, -0.05) is 360 Å². The van der Waals surface area contributed by atoms with E-state index in [2.05, 4.69) is 460 Å². The van der Waals surface area contributed by atoms with E-state index in [4.69, 9.17) is 4.74 Å². The lowest BCUT2D eigenvalue weighted by molar-refractivity contribution is -0.120. The number of morpholine rings is 1. The van der Waals surface area contributed by atoms with Crippen LogP contribution in [0.15, 0.2) is 206 Å². The van der Waals surface area contributed by atoms with E-state index in [9.17, 15) is 4.79 Å². The van der Waals surface area contributed by atoms with Gasteiger partial charge in [-0.2, -0.15) is 0 Å². The van der Waals surface area contributed by atoms with E-state index in [-0.39, 0.29) is 17.3 Å². The van der Waals surface area contributed by atoms with Crippen LogP contribution in [0.3, 0.4) is 0 Å². The lowest BCUT2D eigenvalue weighted by atomic mass is 9.85. The summed E-state index contributed by atoms with van der Waals surface area (Å²) in [5.74, 6) is 3.43. The lowest BCUT2D eigenvalue weighted by Gasteiger charge is -2.30. The van der Waals surface area contributed by atoms with Crippen molar-refractivity contribution in [3.8, 4) is 0 Å². The molecule has 8 aromatic rings. The quantitative estimate of drug-likeness (QED) is 0.0816. The molecule has 5 unspecified atom stereocenters. The van der Waals surface area contributed by atoms with Crippen LogP contribution in [0.4, 0.5) is 5.69 Å². The fourth-order valence-electron chi connectivity index (χ4n) is 20.6. The van der Waals surface area contributed by atoms with Crippen LogP contribution < -0.4 is 16.0 Å². The number of carbonyl (C=O) groups excluding carboxylic acids is 1. The second-order valence-electron chi connectivity index (χ2n) is 53.1. The molecule has 16 rings (SSSR count). The highest BCUT2D eigenvalue weighted by Crippen LogP contribution is 2.38. The molecule has 8 aliphatic heterocycles. The second-order valence-corrected chi connectivity index (χ2v) is 54.3. The fraction of sp³-hybridized carbons (Fsp3) is 0.592. The summed E-state index contributed by atoms with van der Waals surface area (Å²) in [5, 5.41) is 9.87. The van der Waals surface area contributed by atoms with Gasteiger partial charge in [0.25, 0.3) is 0 Å². The van der Waals surface area contributed by atoms with Gasteiger partial charge in [0.1, 0.15) is 5.25 Å². The first-order chi connectivity index (χ1) is 66.6. The van der Waals surface area contributed by atoms with Gasteiger partial charge in [-0.3, -0.25) is 4.79 Å². The number of carbonyl (C=O) groups is 1. The van der Waals surface area contributed by atoms with E-state index < -0.39 is 0 Å². The van der Waals surface area contributed by atoms with Crippen molar-refractivity contribution in [2.45, 2.75) is 304 Å². The van der Waals surface area contributed by atoms with Crippen LogP contribution in [0.1, 0.15) is 330 Å². The van der Waals surface area contributed by atoms with E-state index >= 15 is 0 Å². The SMILES string of the molecule is CC(C)(C)Cc1ccc(C2=CCNCC2)cc1.CC(C)(C)Cc1ccc(C2SCCNC2=O)cc1.CN1CC=C(c2ccc(CC(C)(C)C)cc2)CC1.CN1CCC(Nc2ccc(CC(C)(C)C)cc2)C1.CN1CCC(c2ccc(CC(C)(C)C)cc2)C1.CN1CCC(c2ccc(CC(C)(C)C)cc2)CC1.CN1CCCC(c2ccc(CC(C)(C)C)cc2)C1.CN1CCOC(c2ccc(CC(C)(C)C)cc2)C1. The van der Waals surface area contributed by atoms with Crippen molar-refractivity contribution >= 4 is 34.5 Å². The summed E-state index contributed by atoms with van der Waals surface area (Å²) < 4.78 is 5.83. The van der Waals surface area contributed by atoms with Gasteiger partial charge in [0.05, 0.1) is 12.7 Å². The fourth-order valence-corrected chi connectivity index (χ4v) is 21.7. The van der Waals surface area contributed by atoms with Crippen molar-refractivity contribution in [2.75, 3.05) is 158 Å². The number of likely N-dealkylation sites (N-methyl/N-ethyl adjacent to an activating group) is 5. The molecule has 6 saturated heterocycles. The average molecular weight is 1950 g/mol. The summed E-state index contributed by atoms with van der Waals surface area (Å²) in [5.41, 5.74) is 28.4. The van der Waals surface area contributed by atoms with Crippen LogP contribution in [0, 0.1) is 43.3 Å². The predicted molar refractivity (Wildman–Crippen MR) is 620 cm³/mol. The number of hydrogen-bond acceptors (Lipinski definition) is 11. The summed E-state index contributed by atoms with van der Waals surface area (Å²) in [6.07, 6.45) is 24.2. The van der Waals surface area contributed by atoms with E-state index in [0.29, 0.717) is 49.4 Å². The van der Waals surface area contributed by atoms with Crippen molar-refractivity contribution in [1.82, 2.24) is 40.0 Å². The number of hydrogen-bond donors (Lipinski definition) is 3. The Labute approximate surface area is 873 Å². The molecule has 6 fully saturated rings. The number of amides is 1. The van der Waals surface area contributed by atoms with Crippen LogP contribution in [0.5, 0.6) is 0 Å². The number of ether oxygens (including phenoxy) is 1. The van der Waals surface area contributed by atoms with Gasteiger partial charge < -0.3 is 50.1 Å². The zero-order valence-corrected chi connectivity index (χ0v) is 96.2. The van der Waals surface area contributed by atoms with Crippen molar-refractivity contribution in [3.63, 3.8) is 0 Å². The number of nitrogens with one attached hydrogen (secondary N) is 3. The van der Waals surface area contributed by atoms with Crippen LogP contribution in [-0.4, -0.2) is 194 Å². The molecular formula is C130H199N9O2S. The molecule has 1 amide bonds. The van der Waals surface area contributed by atoms with Gasteiger partial charge in [-0.05, 0) is 352 Å². The van der Waals surface area contributed by atoms with Crippen molar-refractivity contribution in [3.05, 3.63) is 290 Å². The maximum atomic E-state index is 11.8. The van der Waals surface area contributed by atoms with Gasteiger partial charge in [-0.15, -0.1) is 11.8 Å². The van der Waals surface area contributed by atoms with Gasteiger partial charge in [0.2, 0.25) is 5.91 Å². The number of thioether (sulfide) groups is 1. The Bertz CT molecular complexity index is 4910. The third-order valence-corrected chi connectivity index (χ3v) is 28.9. The smallest absolute Gasteiger partial charge is 0.237 e. The van der Waals surface area contributed by atoms with Crippen molar-refractivity contribution in [1.29, 1.82) is 0 Å². The molecule has 142 heavy (non-hydrogen) atoms. The van der Waals surface area contributed by atoms with Crippen molar-refractivity contribution in [2.24, 2.45) is 43.3 Å². The first kappa shape index (κ1) is 118. The van der Waals surface area contributed by atoms with E-state index in [1.165, 1.54) is 193 Å². The van der Waals surface area contributed by atoms with Gasteiger partial charge in [-0.25, -0.2) is 0 Å². The molecule has 0 spiro atoms. The summed E-state index contributed by atoms with van der Waals surface area (Å²) >= 11 is 1.73. The summed E-state index contributed by atoms with van der Waals surface area (Å²) in [6.45, 7) is 72.7. The van der Waals surface area contributed by atoms with Crippen LogP contribution in [0.25, 0.3) is 11.1 Å². The summed E-state index contributed by atoms with van der Waals surface area (Å²) in [4.78, 5) is 26.2. The Morgan fingerprint density at radius 1 is 0.324 bits per heavy atom. The molecule has 782 valence electrons. The van der Waals surface area contributed by atoms with Crippen LogP contribution in [-0.2, 0) is 60.9 Å². The maximum Gasteiger partial charge on any atom is 0.237 e. The Morgan fingerprint density at radius 3 is 1.01 bits per heavy atom. The Morgan fingerprint density at radius 2 is 0.662 bits per heavy atom. The average Bonchev–Trinajstić information content (AvgIpc) is 1.81. The Kier molecular flexibility index (Phi) is 46.2. The first-order valence-corrected chi connectivity index (χ1v) is 55.9. The van der Waals surface area contributed by atoms with Gasteiger partial charge in [0.15, 0.2) is 0 Å². The Hall–Kier alpha value is -7.46. The number of rotatable bonds is 17. The van der Waals surface area contributed by atoms with Gasteiger partial charge >= 0.3 is 0 Å². The van der Waals surface area contributed by atoms with Crippen LogP contribution >= 0.6 is 11.8 Å². The number of piperidine rings is 2. The van der Waals surface area contributed by atoms with E-state index in [0.717, 1.165) is 133 Å². The lowest BCUT2D eigenvalue weighted by Crippen LogP contribution is -2.35. The number of nitrogens with zero attached hydrogens (tertiary/aromatic N) is 6. The molecule has 0 saturated carbocycles. The minimum absolute atomic E-state index is 0.0255. The molecule has 8 aromatic carbocycles. The normalized spacial score (nSPS) is 20.2. The molecule has 0 aromatic heterocycles. The zero-order valence-electron chi connectivity index (χ0n) is 95.3. The molecule has 11 nitrogen and oxygen atoms in total. The molecule has 8 aliphatic rings. The maximum absolute atomic E-state index is 11.8. The minimum atomic E-state index is -0.0255. The standard InChI is InChI=1S/C17H27N.C17H25N.C17H27N.C16H26N2.C16H25NO.C16H25N.C16H23N.C15H21NOS/c2*1-17(2,3)13-14-5-7-15(8-6-14)16-9-11-18(4)12-10-16;1-17(2,3)12-14-7-9-15(10-8-14)16-6-5-11-18(4)13-16;1-16(2,3)11-13-5-7-14(8-6-13)17-15-9-10-18(4)12-15;1-16(2,3)11-13-5-7-14(8-6-13)15-12-17(4)9-10-18-15;1-16(2,3)11-13-5-7-14(8-6-13)15-9-10-17(4)12-15;1-16(2,3)12-13-4-6-14(7-5-13)15-8-10-17-11-9-15;1-15(2,3)10-11-4-6-12(7-5-11)13-14(17)16-8-9-18-13/h5-8,16H,9-13H2,1-4H3;5-9H,10-13H2,1-4H3;7-10,16H,5-6,11-13H2,1-4H3;5-8,15,17H,9-12H2,1-4H3;5-8,15H,9-12H2,1-4H3;5-8,15H,9-12H2,1-4H3;4-8,17H,9-12H2,1-3H3;4-7,13H,8-10H2,1-3H3,(H,16,17). The minimum Gasteiger partial charge on any atom is -0.381 e. The number of likely N-dealkylation sites (tertiary alicyclic amines) is 4. The topological polar surface area (TPSA) is 81.8 Å². The molecular weight excluding hydrogens is 1750 g/mol. The molecule has 3 N–H and O–H groups in total. The van der Waals surface area contributed by atoms with E-state index in [1.54, 1.807) is 17.3 Å². The zero-order chi connectivity index (χ0) is 104. The molecule has 0 aliphatic carbocycles. The molecule has 0 radical (unpaired) electrons. The third-order valence-electron chi connectivity index (χ3n) is 27.6. The third kappa shape index (κ3) is 46.7. The second kappa shape index (κ2) is 55.5. The van der Waals surface area contributed by atoms with Gasteiger partial charge in [0, 0.05) is 76.4 Å². The predicted octanol–water partition coefficient (Wildman–Crippen LogP) is 29.4. The highest BCUT2D eigenvalue weighted by molar-refractivity contribution is 8.00. The Balaban J connectivity index is 0.000000181. The highest BCUT2D eigenvalue weighted by atomic mass is 32.2. The number of benzene rings is 8. The van der Waals surface area contributed by atoms with Crippen molar-refractivity contribution < 1.29 is 9.53 Å². The van der Waals surface area contributed by atoms with Crippen LogP contribution in [0.2, 0.25) is 0 Å².